The minimum absolute atomic E-state index is 0.140. The van der Waals surface area contributed by atoms with Crippen LogP contribution in [0.4, 0.5) is 0 Å². The molecule has 0 N–H and O–H groups in total. The lowest BCUT2D eigenvalue weighted by Crippen LogP contribution is -2.45. The Kier molecular flexibility index (Phi) is 2.43. The van der Waals surface area contributed by atoms with Crippen molar-refractivity contribution in [2.45, 2.75) is 50.4 Å². The van der Waals surface area contributed by atoms with Crippen LogP contribution in [0.15, 0.2) is 12.2 Å². The van der Waals surface area contributed by atoms with Gasteiger partial charge in [-0.15, -0.1) is 0 Å². The molecule has 0 saturated carbocycles. The summed E-state index contributed by atoms with van der Waals surface area (Å²) in [6.07, 6.45) is 7.07. The van der Waals surface area contributed by atoms with Gasteiger partial charge in [-0.3, -0.25) is 0 Å². The van der Waals surface area contributed by atoms with E-state index in [-0.39, 0.29) is 17.3 Å². The van der Waals surface area contributed by atoms with Gasteiger partial charge in [0.15, 0.2) is 0 Å². The Bertz CT molecular complexity index is 345. The fourth-order valence-electron chi connectivity index (χ4n) is 2.32. The average molecular weight is 215 g/mol. The summed E-state index contributed by atoms with van der Waals surface area (Å²) in [7, 11) is -3.05. The van der Waals surface area contributed by atoms with Gasteiger partial charge in [-0.1, -0.05) is 12.2 Å². The molecular weight excluding hydrogens is 198 g/mol. The van der Waals surface area contributed by atoms with Crippen molar-refractivity contribution < 1.29 is 8.42 Å². The number of hydrogen-bond acceptors (Lipinski definition) is 2. The van der Waals surface area contributed by atoms with Gasteiger partial charge in [0, 0.05) is 12.1 Å². The lowest BCUT2D eigenvalue weighted by atomic mass is 10.2. The molecule has 3 nitrogen and oxygen atoms in total. The predicted octanol–water partition coefficient (Wildman–Crippen LogP) is 1.52. The van der Waals surface area contributed by atoms with Gasteiger partial charge in [0.25, 0.3) is 0 Å². The lowest BCUT2D eigenvalue weighted by molar-refractivity contribution is 0.338. The maximum Gasteiger partial charge on any atom is 0.217 e. The van der Waals surface area contributed by atoms with Gasteiger partial charge >= 0.3 is 0 Å². The van der Waals surface area contributed by atoms with Crippen LogP contribution < -0.4 is 0 Å². The number of rotatable bonds is 2. The molecule has 0 aromatic rings. The van der Waals surface area contributed by atoms with Crippen molar-refractivity contribution in [1.29, 1.82) is 0 Å². The molecule has 2 heterocycles. The fraction of sp³-hybridized carbons (Fsp3) is 0.800. The Balaban J connectivity index is 2.32. The summed E-state index contributed by atoms with van der Waals surface area (Å²) in [5.41, 5.74) is 0. The van der Waals surface area contributed by atoms with E-state index in [2.05, 4.69) is 6.08 Å². The van der Waals surface area contributed by atoms with Crippen molar-refractivity contribution in [3.05, 3.63) is 12.2 Å². The highest BCUT2D eigenvalue weighted by Gasteiger charge is 2.42. The molecule has 2 unspecified atom stereocenters. The molecule has 0 radical (unpaired) electrons. The van der Waals surface area contributed by atoms with Crippen molar-refractivity contribution in [1.82, 2.24) is 4.31 Å². The SMILES string of the molecule is CC(C)S(=O)(=O)N1C2C=CCC1CC2. The van der Waals surface area contributed by atoms with E-state index in [4.69, 9.17) is 0 Å². The molecule has 2 aliphatic rings. The molecule has 0 aliphatic carbocycles. The quantitative estimate of drug-likeness (QED) is 0.655. The lowest BCUT2D eigenvalue weighted by Gasteiger charge is -2.31. The Morgan fingerprint density at radius 1 is 1.36 bits per heavy atom. The summed E-state index contributed by atoms with van der Waals surface area (Å²) < 4.78 is 25.8. The summed E-state index contributed by atoms with van der Waals surface area (Å²) in [4.78, 5) is 0. The number of hydrogen-bond donors (Lipinski definition) is 0. The Hall–Kier alpha value is -0.350. The number of fused-ring (bicyclic) bond motifs is 2. The Morgan fingerprint density at radius 2 is 2.07 bits per heavy atom. The molecule has 0 amide bonds. The van der Waals surface area contributed by atoms with Gasteiger partial charge in [-0.25, -0.2) is 8.42 Å². The normalized spacial score (nSPS) is 32.8. The van der Waals surface area contributed by atoms with E-state index in [1.807, 2.05) is 6.08 Å². The second kappa shape index (κ2) is 3.35. The molecule has 0 aromatic heterocycles. The second-order valence-electron chi connectivity index (χ2n) is 4.39. The highest BCUT2D eigenvalue weighted by molar-refractivity contribution is 7.89. The number of sulfonamides is 1. The van der Waals surface area contributed by atoms with E-state index in [9.17, 15) is 8.42 Å². The maximum absolute atomic E-state index is 12.0. The summed E-state index contributed by atoms with van der Waals surface area (Å²) in [5, 5.41) is -0.294. The molecule has 4 heteroatoms. The highest BCUT2D eigenvalue weighted by atomic mass is 32.2. The second-order valence-corrected chi connectivity index (χ2v) is 6.78. The van der Waals surface area contributed by atoms with E-state index < -0.39 is 10.0 Å². The molecular formula is C10H17NO2S. The first-order chi connectivity index (χ1) is 6.53. The van der Waals surface area contributed by atoms with Gasteiger partial charge in [-0.2, -0.15) is 4.31 Å². The minimum atomic E-state index is -3.05. The van der Waals surface area contributed by atoms with E-state index in [0.29, 0.717) is 0 Å². The zero-order chi connectivity index (χ0) is 10.3. The first kappa shape index (κ1) is 10.2. The van der Waals surface area contributed by atoms with Crippen LogP contribution in [0.5, 0.6) is 0 Å². The zero-order valence-electron chi connectivity index (χ0n) is 8.68. The average Bonchev–Trinajstić information content (AvgIpc) is 2.38. The van der Waals surface area contributed by atoms with Crippen molar-refractivity contribution >= 4 is 10.0 Å². The van der Waals surface area contributed by atoms with Gasteiger partial charge in [0.2, 0.25) is 10.0 Å². The van der Waals surface area contributed by atoms with Crippen molar-refractivity contribution in [2.24, 2.45) is 0 Å². The van der Waals surface area contributed by atoms with Crippen LogP contribution in [0.2, 0.25) is 0 Å². The molecule has 2 atom stereocenters. The summed E-state index contributed by atoms with van der Waals surface area (Å²) in [5.74, 6) is 0. The summed E-state index contributed by atoms with van der Waals surface area (Å²) in [6.45, 7) is 3.51. The van der Waals surface area contributed by atoms with E-state index in [1.54, 1.807) is 18.2 Å². The standard InChI is InChI=1S/C10H17NO2S/c1-8(2)14(12,13)11-9-4-3-5-10(11)7-6-9/h3-4,8-10H,5-7H2,1-2H3. The zero-order valence-corrected chi connectivity index (χ0v) is 9.50. The predicted molar refractivity (Wildman–Crippen MR) is 56.5 cm³/mol. The van der Waals surface area contributed by atoms with Gasteiger partial charge in [-0.05, 0) is 33.1 Å². The minimum Gasteiger partial charge on any atom is -0.212 e. The molecule has 1 saturated heterocycles. The van der Waals surface area contributed by atoms with Crippen LogP contribution in [0.1, 0.15) is 33.1 Å². The van der Waals surface area contributed by atoms with Crippen molar-refractivity contribution in [3.63, 3.8) is 0 Å². The van der Waals surface area contributed by atoms with E-state index in [0.717, 1.165) is 19.3 Å². The molecule has 0 aromatic carbocycles. The van der Waals surface area contributed by atoms with Crippen LogP contribution in [-0.4, -0.2) is 30.1 Å². The molecule has 1 fully saturated rings. The topological polar surface area (TPSA) is 37.4 Å². The fourth-order valence-corrected chi connectivity index (χ4v) is 3.97. The molecule has 2 rings (SSSR count). The van der Waals surface area contributed by atoms with Gasteiger partial charge in [0.05, 0.1) is 5.25 Å². The third-order valence-electron chi connectivity index (χ3n) is 3.14. The van der Waals surface area contributed by atoms with Gasteiger partial charge in [0.1, 0.15) is 0 Å². The first-order valence-corrected chi connectivity index (χ1v) is 6.73. The van der Waals surface area contributed by atoms with E-state index >= 15 is 0 Å². The Labute approximate surface area is 85.8 Å². The van der Waals surface area contributed by atoms with E-state index in [1.165, 1.54) is 0 Å². The summed E-state index contributed by atoms with van der Waals surface area (Å²) >= 11 is 0. The Morgan fingerprint density at radius 3 is 2.64 bits per heavy atom. The van der Waals surface area contributed by atoms with Crippen molar-refractivity contribution in [3.8, 4) is 0 Å². The van der Waals surface area contributed by atoms with Crippen LogP contribution in [0.25, 0.3) is 0 Å². The van der Waals surface area contributed by atoms with Gasteiger partial charge < -0.3 is 0 Å². The molecule has 80 valence electrons. The maximum atomic E-state index is 12.0. The monoisotopic (exact) mass is 215 g/mol. The molecule has 2 aliphatic heterocycles. The first-order valence-electron chi connectivity index (χ1n) is 5.22. The largest absolute Gasteiger partial charge is 0.217 e. The third-order valence-corrected chi connectivity index (χ3v) is 5.49. The molecule has 0 spiro atoms. The summed E-state index contributed by atoms with van der Waals surface area (Å²) in [6, 6.07) is 0.374. The van der Waals surface area contributed by atoms with Crippen molar-refractivity contribution in [2.75, 3.05) is 0 Å². The number of nitrogens with zero attached hydrogens (tertiary/aromatic N) is 1. The van der Waals surface area contributed by atoms with Crippen LogP contribution in [0.3, 0.4) is 0 Å². The van der Waals surface area contributed by atoms with Crippen LogP contribution in [-0.2, 0) is 10.0 Å². The molecule has 14 heavy (non-hydrogen) atoms. The van der Waals surface area contributed by atoms with Crippen LogP contribution >= 0.6 is 0 Å². The third kappa shape index (κ3) is 1.41. The molecule has 2 bridgehead atoms. The van der Waals surface area contributed by atoms with Crippen LogP contribution in [0, 0.1) is 0 Å². The smallest absolute Gasteiger partial charge is 0.212 e. The highest BCUT2D eigenvalue weighted by Crippen LogP contribution is 2.35.